The highest BCUT2D eigenvalue weighted by Crippen LogP contribution is 2.12. The molecule has 0 spiro atoms. The van der Waals surface area contributed by atoms with Crippen LogP contribution in [0.2, 0.25) is 0 Å². The van der Waals surface area contributed by atoms with Crippen molar-refractivity contribution in [3.05, 3.63) is 69.9 Å². The normalized spacial score (nSPS) is 11.0. The Bertz CT molecular complexity index is 854. The predicted octanol–water partition coefficient (Wildman–Crippen LogP) is 1.61. The Kier molecular flexibility index (Phi) is 3.50. The molecule has 1 aromatic carbocycles. The molecule has 106 valence electrons. The minimum absolute atomic E-state index is 0.0696. The molecule has 0 saturated carbocycles. The molecule has 0 aliphatic heterocycles. The first-order chi connectivity index (χ1) is 10.2. The van der Waals surface area contributed by atoms with Crippen molar-refractivity contribution in [1.82, 2.24) is 14.5 Å². The fourth-order valence-corrected chi connectivity index (χ4v) is 2.40. The molecule has 2 N–H and O–H groups in total. The number of fused-ring (bicyclic) bond motifs is 1. The molecule has 5 nitrogen and oxygen atoms in total. The number of aromatic nitrogens is 3. The van der Waals surface area contributed by atoms with E-state index in [0.717, 1.165) is 22.3 Å². The van der Waals surface area contributed by atoms with E-state index >= 15 is 0 Å². The van der Waals surface area contributed by atoms with Crippen molar-refractivity contribution in [2.45, 2.75) is 20.0 Å². The molecule has 0 saturated heterocycles. The fourth-order valence-electron chi connectivity index (χ4n) is 2.40. The van der Waals surface area contributed by atoms with Crippen LogP contribution in [0.1, 0.15) is 17.0 Å². The number of rotatable bonds is 3. The van der Waals surface area contributed by atoms with Crippen molar-refractivity contribution >= 4 is 11.0 Å². The molecule has 3 aromatic rings. The smallest absolute Gasteiger partial charge is 0.272 e. The first kappa shape index (κ1) is 13.5. The lowest BCUT2D eigenvalue weighted by Gasteiger charge is -2.11. The van der Waals surface area contributed by atoms with Gasteiger partial charge in [-0.15, -0.1) is 0 Å². The molecule has 0 unspecified atom stereocenters. The van der Waals surface area contributed by atoms with Gasteiger partial charge in [-0.2, -0.15) is 0 Å². The fraction of sp³-hybridized carbons (Fsp3) is 0.188. The van der Waals surface area contributed by atoms with E-state index in [4.69, 9.17) is 5.73 Å². The summed E-state index contributed by atoms with van der Waals surface area (Å²) in [5, 5.41) is 0. The Morgan fingerprint density at radius 1 is 1.24 bits per heavy atom. The molecule has 0 fully saturated rings. The summed E-state index contributed by atoms with van der Waals surface area (Å²) in [4.78, 5) is 20.9. The minimum Gasteiger partial charge on any atom is -0.325 e. The lowest BCUT2D eigenvalue weighted by molar-refractivity contribution is 0.772. The molecule has 0 bridgehead atoms. The van der Waals surface area contributed by atoms with E-state index in [1.165, 1.54) is 0 Å². The molecule has 0 amide bonds. The highest BCUT2D eigenvalue weighted by molar-refractivity contribution is 5.74. The largest absolute Gasteiger partial charge is 0.325 e. The average molecular weight is 280 g/mol. The zero-order chi connectivity index (χ0) is 14.8. The van der Waals surface area contributed by atoms with Crippen molar-refractivity contribution in [3.63, 3.8) is 0 Å². The van der Waals surface area contributed by atoms with Gasteiger partial charge in [0.25, 0.3) is 5.56 Å². The molecule has 21 heavy (non-hydrogen) atoms. The third-order valence-corrected chi connectivity index (χ3v) is 3.45. The van der Waals surface area contributed by atoms with E-state index in [1.807, 2.05) is 36.4 Å². The Morgan fingerprint density at radius 3 is 2.86 bits per heavy atom. The molecule has 5 heteroatoms. The Hall–Kier alpha value is -2.53. The summed E-state index contributed by atoms with van der Waals surface area (Å²) >= 11 is 0. The van der Waals surface area contributed by atoms with Crippen LogP contribution < -0.4 is 11.3 Å². The molecule has 0 aliphatic carbocycles. The number of hydrogen-bond donors (Lipinski definition) is 1. The minimum atomic E-state index is -0.0696. The van der Waals surface area contributed by atoms with Crippen molar-refractivity contribution < 1.29 is 0 Å². The molecule has 2 heterocycles. The third-order valence-electron chi connectivity index (χ3n) is 3.45. The van der Waals surface area contributed by atoms with E-state index in [-0.39, 0.29) is 5.56 Å². The molecular formula is C16H16N4O. The lowest BCUT2D eigenvalue weighted by atomic mass is 10.2. The number of para-hydroxylation sites is 2. The summed E-state index contributed by atoms with van der Waals surface area (Å²) in [7, 11) is 0. The van der Waals surface area contributed by atoms with Gasteiger partial charge in [-0.05, 0) is 36.8 Å². The topological polar surface area (TPSA) is 73.8 Å². The van der Waals surface area contributed by atoms with Crippen LogP contribution in [0.15, 0.2) is 47.4 Å². The zero-order valence-electron chi connectivity index (χ0n) is 11.8. The molecule has 0 aliphatic rings. The summed E-state index contributed by atoms with van der Waals surface area (Å²) in [6, 6.07) is 11.5. The monoisotopic (exact) mass is 280 g/mol. The molecule has 0 radical (unpaired) electrons. The second kappa shape index (κ2) is 5.46. The quantitative estimate of drug-likeness (QED) is 0.791. The number of hydrogen-bond acceptors (Lipinski definition) is 4. The average Bonchev–Trinajstić information content (AvgIpc) is 2.52. The van der Waals surface area contributed by atoms with E-state index < -0.39 is 0 Å². The van der Waals surface area contributed by atoms with Crippen LogP contribution in [0.3, 0.4) is 0 Å². The number of nitrogens with zero attached hydrogens (tertiary/aromatic N) is 3. The maximum absolute atomic E-state index is 12.4. The number of aryl methyl sites for hydroxylation is 1. The number of benzene rings is 1. The molecule has 0 atom stereocenters. The van der Waals surface area contributed by atoms with Crippen molar-refractivity contribution in [3.8, 4) is 0 Å². The first-order valence-electron chi connectivity index (χ1n) is 6.79. The van der Waals surface area contributed by atoms with Gasteiger partial charge < -0.3 is 10.3 Å². The Morgan fingerprint density at radius 2 is 2.05 bits per heavy atom. The van der Waals surface area contributed by atoms with Gasteiger partial charge in [0.15, 0.2) is 0 Å². The van der Waals surface area contributed by atoms with Crippen LogP contribution in [0, 0.1) is 6.92 Å². The van der Waals surface area contributed by atoms with Crippen molar-refractivity contribution in [1.29, 1.82) is 0 Å². The Labute approximate surface area is 122 Å². The van der Waals surface area contributed by atoms with Gasteiger partial charge in [-0.25, -0.2) is 4.98 Å². The molecular weight excluding hydrogens is 264 g/mol. The second-order valence-electron chi connectivity index (χ2n) is 4.94. The van der Waals surface area contributed by atoms with Gasteiger partial charge in [0, 0.05) is 12.7 Å². The van der Waals surface area contributed by atoms with E-state index in [2.05, 4.69) is 9.97 Å². The van der Waals surface area contributed by atoms with Crippen LogP contribution in [0.4, 0.5) is 0 Å². The van der Waals surface area contributed by atoms with Crippen LogP contribution in [0.25, 0.3) is 11.0 Å². The van der Waals surface area contributed by atoms with E-state index in [0.29, 0.717) is 18.8 Å². The highest BCUT2D eigenvalue weighted by Gasteiger charge is 2.08. The van der Waals surface area contributed by atoms with Crippen LogP contribution >= 0.6 is 0 Å². The van der Waals surface area contributed by atoms with Gasteiger partial charge in [0.1, 0.15) is 5.69 Å². The van der Waals surface area contributed by atoms with Crippen LogP contribution in [-0.2, 0) is 13.1 Å². The van der Waals surface area contributed by atoms with Gasteiger partial charge in [-0.1, -0.05) is 12.1 Å². The maximum Gasteiger partial charge on any atom is 0.272 e. The standard InChI is InChI=1S/C16H16N4O/c1-11-16(21)20(15-5-3-2-4-14(15)19-11)10-12-6-7-18-13(8-12)9-17/h2-8H,9-10,17H2,1H3. The summed E-state index contributed by atoms with van der Waals surface area (Å²) in [6.07, 6.45) is 1.72. The van der Waals surface area contributed by atoms with Gasteiger partial charge in [0.05, 0.1) is 23.3 Å². The maximum atomic E-state index is 12.4. The van der Waals surface area contributed by atoms with Gasteiger partial charge in [-0.3, -0.25) is 9.78 Å². The highest BCUT2D eigenvalue weighted by atomic mass is 16.1. The zero-order valence-corrected chi connectivity index (χ0v) is 11.8. The third kappa shape index (κ3) is 2.55. The summed E-state index contributed by atoms with van der Waals surface area (Å²) < 4.78 is 1.74. The summed E-state index contributed by atoms with van der Waals surface area (Å²) in [5.74, 6) is 0. The number of pyridine rings is 1. The summed E-state index contributed by atoms with van der Waals surface area (Å²) in [5.41, 5.74) is 9.52. The van der Waals surface area contributed by atoms with Gasteiger partial charge >= 0.3 is 0 Å². The summed E-state index contributed by atoms with van der Waals surface area (Å²) in [6.45, 7) is 2.61. The van der Waals surface area contributed by atoms with Crippen molar-refractivity contribution in [2.75, 3.05) is 0 Å². The SMILES string of the molecule is Cc1nc2ccccc2n(Cc2ccnc(CN)c2)c1=O. The van der Waals surface area contributed by atoms with Crippen molar-refractivity contribution in [2.24, 2.45) is 5.73 Å². The van der Waals surface area contributed by atoms with Crippen LogP contribution in [0.5, 0.6) is 0 Å². The number of nitrogens with two attached hydrogens (primary N) is 1. The van der Waals surface area contributed by atoms with E-state index in [9.17, 15) is 4.79 Å². The van der Waals surface area contributed by atoms with E-state index in [1.54, 1.807) is 17.7 Å². The lowest BCUT2D eigenvalue weighted by Crippen LogP contribution is -2.24. The van der Waals surface area contributed by atoms with Gasteiger partial charge in [0.2, 0.25) is 0 Å². The predicted molar refractivity (Wildman–Crippen MR) is 82.0 cm³/mol. The van der Waals surface area contributed by atoms with Crippen LogP contribution in [-0.4, -0.2) is 14.5 Å². The second-order valence-corrected chi connectivity index (χ2v) is 4.94. The molecule has 3 rings (SSSR count). The first-order valence-corrected chi connectivity index (χ1v) is 6.79. The molecule has 2 aromatic heterocycles. The Balaban J connectivity index is 2.15.